The molecule has 0 N–H and O–H groups in total. The predicted octanol–water partition coefficient (Wildman–Crippen LogP) is 4.94. The Balaban J connectivity index is 1.76. The number of hydrogen-bond acceptors (Lipinski definition) is 4. The summed E-state index contributed by atoms with van der Waals surface area (Å²) >= 11 is 12.9. The highest BCUT2D eigenvalue weighted by Crippen LogP contribution is 2.61. The summed E-state index contributed by atoms with van der Waals surface area (Å²) in [4.78, 5) is 33.6. The summed E-state index contributed by atoms with van der Waals surface area (Å²) in [6.07, 6.45) is 6.73. The topological polar surface area (TPSA) is 52.6 Å². The molecule has 0 aliphatic heterocycles. The Morgan fingerprint density at radius 2 is 2.16 bits per heavy atom. The SMILES string of the molecule is CCC(=O)OOc1cc2c(c(Cl)c1Cl)C1=CC(=O)C3CCCC1(C2)C3. The Morgan fingerprint density at radius 1 is 1.36 bits per heavy atom. The molecule has 3 aliphatic carbocycles. The first-order valence-corrected chi connectivity index (χ1v) is 9.35. The predicted molar refractivity (Wildman–Crippen MR) is 94.6 cm³/mol. The number of fused-ring (bicyclic) bond motifs is 3. The van der Waals surface area contributed by atoms with Gasteiger partial charge in [-0.2, -0.15) is 0 Å². The van der Waals surface area contributed by atoms with Crippen LogP contribution >= 0.6 is 23.2 Å². The maximum atomic E-state index is 12.4. The van der Waals surface area contributed by atoms with E-state index in [1.54, 1.807) is 19.1 Å². The Hall–Kier alpha value is -1.52. The molecule has 0 amide bonds. The molecule has 1 fully saturated rings. The van der Waals surface area contributed by atoms with E-state index in [2.05, 4.69) is 0 Å². The highest BCUT2D eigenvalue weighted by Gasteiger charge is 2.50. The molecule has 4 rings (SSSR count). The molecule has 132 valence electrons. The number of benzene rings is 1. The molecule has 2 bridgehead atoms. The van der Waals surface area contributed by atoms with Gasteiger partial charge in [0.05, 0.1) is 5.02 Å². The van der Waals surface area contributed by atoms with Crippen LogP contribution in [0.2, 0.25) is 10.0 Å². The minimum Gasteiger partial charge on any atom is -0.295 e. The molecule has 1 aromatic carbocycles. The molecule has 2 unspecified atom stereocenters. The molecule has 2 atom stereocenters. The molecule has 4 nitrogen and oxygen atoms in total. The summed E-state index contributed by atoms with van der Waals surface area (Å²) in [5.41, 5.74) is 2.85. The van der Waals surface area contributed by atoms with E-state index in [1.165, 1.54) is 0 Å². The zero-order chi connectivity index (χ0) is 17.8. The minimum atomic E-state index is -0.483. The van der Waals surface area contributed by atoms with Gasteiger partial charge in [0, 0.05) is 23.3 Å². The first-order chi connectivity index (χ1) is 11.9. The number of rotatable bonds is 3. The van der Waals surface area contributed by atoms with Crippen LogP contribution in [-0.4, -0.2) is 11.8 Å². The molecule has 6 heteroatoms. The van der Waals surface area contributed by atoms with Gasteiger partial charge in [-0.3, -0.25) is 14.6 Å². The number of carbonyl (C=O) groups is 2. The lowest BCUT2D eigenvalue weighted by Crippen LogP contribution is -2.35. The van der Waals surface area contributed by atoms with E-state index in [9.17, 15) is 9.59 Å². The van der Waals surface area contributed by atoms with E-state index < -0.39 is 5.97 Å². The lowest BCUT2D eigenvalue weighted by atomic mass is 9.61. The molecule has 0 saturated heterocycles. The molecule has 1 aromatic rings. The normalized spacial score (nSPS) is 26.6. The Bertz CT molecular complexity index is 814. The molecule has 0 heterocycles. The Labute approximate surface area is 156 Å². The van der Waals surface area contributed by atoms with Crippen LogP contribution < -0.4 is 4.89 Å². The Morgan fingerprint density at radius 3 is 2.92 bits per heavy atom. The van der Waals surface area contributed by atoms with Crippen molar-refractivity contribution < 1.29 is 19.4 Å². The van der Waals surface area contributed by atoms with Crippen LogP contribution in [-0.2, 0) is 20.9 Å². The number of allylic oxidation sites excluding steroid dienone is 2. The van der Waals surface area contributed by atoms with Crippen LogP contribution in [0, 0.1) is 11.3 Å². The third kappa shape index (κ3) is 2.58. The van der Waals surface area contributed by atoms with E-state index >= 15 is 0 Å². The maximum absolute atomic E-state index is 12.4. The first-order valence-electron chi connectivity index (χ1n) is 8.60. The summed E-state index contributed by atoms with van der Waals surface area (Å²) in [7, 11) is 0. The van der Waals surface area contributed by atoms with Crippen molar-refractivity contribution in [1.82, 2.24) is 0 Å². The molecular weight excluding hydrogens is 363 g/mol. The summed E-state index contributed by atoms with van der Waals surface area (Å²) in [5.74, 6) is 0.0785. The monoisotopic (exact) mass is 380 g/mol. The first kappa shape index (κ1) is 16.9. The smallest absolute Gasteiger partial charge is 0.295 e. The second kappa shape index (κ2) is 6.03. The highest BCUT2D eigenvalue weighted by molar-refractivity contribution is 6.44. The zero-order valence-corrected chi connectivity index (χ0v) is 15.4. The summed E-state index contributed by atoms with van der Waals surface area (Å²) in [6, 6.07) is 1.79. The van der Waals surface area contributed by atoms with Gasteiger partial charge in [-0.05, 0) is 49.0 Å². The van der Waals surface area contributed by atoms with Crippen molar-refractivity contribution in [2.24, 2.45) is 11.3 Å². The van der Waals surface area contributed by atoms with Gasteiger partial charge in [-0.15, -0.1) is 0 Å². The molecule has 3 aliphatic rings. The standard InChI is InChI=1S/C19H18Cl2O4/c1-2-15(23)25-24-14-6-11-9-19-5-3-4-10(8-19)13(22)7-12(19)16(11)18(21)17(14)20/h6-7,10H,2-5,8-9H2,1H3. The zero-order valence-electron chi connectivity index (χ0n) is 13.9. The Kier molecular flexibility index (Phi) is 4.08. The van der Waals surface area contributed by atoms with Gasteiger partial charge < -0.3 is 0 Å². The fourth-order valence-corrected chi connectivity index (χ4v) is 5.01. The summed E-state index contributed by atoms with van der Waals surface area (Å²) in [6.45, 7) is 1.68. The molecule has 1 saturated carbocycles. The summed E-state index contributed by atoms with van der Waals surface area (Å²) in [5, 5.41) is 0.564. The van der Waals surface area contributed by atoms with Crippen LogP contribution in [0.25, 0.3) is 5.57 Å². The van der Waals surface area contributed by atoms with Crippen molar-refractivity contribution in [3.8, 4) is 5.75 Å². The van der Waals surface area contributed by atoms with Crippen molar-refractivity contribution in [1.29, 1.82) is 0 Å². The minimum absolute atomic E-state index is 0.0230. The van der Waals surface area contributed by atoms with Crippen LogP contribution in [0.15, 0.2) is 12.1 Å². The third-order valence-corrected chi connectivity index (χ3v) is 6.52. The average molecular weight is 381 g/mol. The van der Waals surface area contributed by atoms with E-state index in [4.69, 9.17) is 33.0 Å². The molecular formula is C19H18Cl2O4. The largest absolute Gasteiger partial charge is 0.355 e. The van der Waals surface area contributed by atoms with Gasteiger partial charge >= 0.3 is 5.97 Å². The second-order valence-electron chi connectivity index (χ2n) is 7.14. The van der Waals surface area contributed by atoms with Gasteiger partial charge in [-0.25, -0.2) is 4.79 Å². The van der Waals surface area contributed by atoms with Crippen molar-refractivity contribution >= 4 is 40.5 Å². The maximum Gasteiger partial charge on any atom is 0.355 e. The lowest BCUT2D eigenvalue weighted by Gasteiger charge is -2.42. The fourth-order valence-electron chi connectivity index (χ4n) is 4.52. The van der Waals surface area contributed by atoms with Crippen LogP contribution in [0.5, 0.6) is 5.75 Å². The van der Waals surface area contributed by atoms with Crippen molar-refractivity contribution in [2.75, 3.05) is 0 Å². The number of hydrogen-bond donors (Lipinski definition) is 0. The fraction of sp³-hybridized carbons (Fsp3) is 0.474. The van der Waals surface area contributed by atoms with E-state index in [-0.39, 0.29) is 34.3 Å². The quantitative estimate of drug-likeness (QED) is 0.550. The molecule has 0 radical (unpaired) electrons. The van der Waals surface area contributed by atoms with Crippen molar-refractivity contribution in [3.05, 3.63) is 33.3 Å². The third-order valence-electron chi connectivity index (χ3n) is 5.67. The lowest BCUT2D eigenvalue weighted by molar-refractivity contribution is -0.213. The average Bonchev–Trinajstić information content (AvgIpc) is 2.89. The number of carbonyl (C=O) groups excluding carboxylic acids is 2. The summed E-state index contributed by atoms with van der Waals surface area (Å²) < 4.78 is 0. The molecule has 25 heavy (non-hydrogen) atoms. The molecule has 1 spiro atoms. The van der Waals surface area contributed by atoms with Gasteiger partial charge in [0.25, 0.3) is 0 Å². The van der Waals surface area contributed by atoms with E-state index in [0.29, 0.717) is 5.02 Å². The van der Waals surface area contributed by atoms with Gasteiger partial charge in [0.2, 0.25) is 0 Å². The van der Waals surface area contributed by atoms with Gasteiger partial charge in [0.15, 0.2) is 11.5 Å². The van der Waals surface area contributed by atoms with Gasteiger partial charge in [-0.1, -0.05) is 36.5 Å². The second-order valence-corrected chi connectivity index (χ2v) is 7.90. The van der Waals surface area contributed by atoms with E-state index in [1.807, 2.05) is 0 Å². The number of halogens is 2. The number of ketones is 1. The van der Waals surface area contributed by atoms with Crippen molar-refractivity contribution in [2.45, 2.75) is 45.4 Å². The van der Waals surface area contributed by atoms with Gasteiger partial charge in [0.1, 0.15) is 5.02 Å². The van der Waals surface area contributed by atoms with Crippen molar-refractivity contribution in [3.63, 3.8) is 0 Å². The van der Waals surface area contributed by atoms with Crippen LogP contribution in [0.4, 0.5) is 0 Å². The highest BCUT2D eigenvalue weighted by atomic mass is 35.5. The molecule has 0 aromatic heterocycles. The van der Waals surface area contributed by atoms with Crippen LogP contribution in [0.3, 0.4) is 0 Å². The van der Waals surface area contributed by atoms with Crippen LogP contribution in [0.1, 0.15) is 50.2 Å². The van der Waals surface area contributed by atoms with E-state index in [0.717, 1.165) is 48.8 Å².